The van der Waals surface area contributed by atoms with Crippen LogP contribution in [-0.4, -0.2) is 43.6 Å². The van der Waals surface area contributed by atoms with Gasteiger partial charge < -0.3 is 10.2 Å². The number of nitrogens with one attached hydrogen (secondary N) is 1. The van der Waals surface area contributed by atoms with E-state index in [4.69, 9.17) is 0 Å². The molecule has 10 heteroatoms. The summed E-state index contributed by atoms with van der Waals surface area (Å²) in [6, 6.07) is 13.2. The minimum absolute atomic E-state index is 0.00298. The number of anilines is 1. The molecule has 0 unspecified atom stereocenters. The Balaban J connectivity index is 1.51. The summed E-state index contributed by atoms with van der Waals surface area (Å²) in [5, 5.41) is 12.9. The van der Waals surface area contributed by atoms with E-state index < -0.39 is 0 Å². The van der Waals surface area contributed by atoms with Crippen LogP contribution in [0.4, 0.5) is 5.69 Å². The molecule has 3 heterocycles. The fraction of sp³-hybridized carbons (Fsp3) is 0.370. The van der Waals surface area contributed by atoms with Gasteiger partial charge in [0.25, 0.3) is 11.5 Å². The Bertz CT molecular complexity index is 1540. The Morgan fingerprint density at radius 1 is 1.11 bits per heavy atom. The first kappa shape index (κ1) is 25.0. The number of hydrogen-bond donors (Lipinski definition) is 1. The molecule has 0 bridgehead atoms. The van der Waals surface area contributed by atoms with Crippen LogP contribution in [0.25, 0.3) is 16.7 Å². The Morgan fingerprint density at radius 3 is 2.57 bits per heavy atom. The minimum atomic E-state index is -0.193. The highest BCUT2D eigenvalue weighted by Crippen LogP contribution is 2.27. The van der Waals surface area contributed by atoms with Gasteiger partial charge in [0.1, 0.15) is 0 Å². The molecule has 9 nitrogen and oxygen atoms in total. The van der Waals surface area contributed by atoms with E-state index in [2.05, 4.69) is 15.5 Å². The van der Waals surface area contributed by atoms with Crippen LogP contribution in [0, 0.1) is 0 Å². The molecule has 1 aliphatic rings. The van der Waals surface area contributed by atoms with Gasteiger partial charge in [0.15, 0.2) is 5.16 Å². The molecule has 2 amide bonds. The molecule has 4 aromatic rings. The van der Waals surface area contributed by atoms with Crippen molar-refractivity contribution >= 4 is 45.9 Å². The molecule has 2 aromatic heterocycles. The Kier molecular flexibility index (Phi) is 7.01. The van der Waals surface area contributed by atoms with Gasteiger partial charge in [0, 0.05) is 42.6 Å². The van der Waals surface area contributed by atoms with Crippen LogP contribution >= 0.6 is 11.8 Å². The standard InChI is InChI=1S/C27H30N6O3S/c1-4-13-32-25(36)21-12-9-19(24(35)28-17(2)3)15-22(21)33-26(32)29-30-27(33)37-16-18-7-10-20(11-8-18)31-14-5-6-23(31)34/h7-12,15,17H,4-6,13-14,16H2,1-3H3,(H,28,35). The van der Waals surface area contributed by atoms with Crippen LogP contribution in [0.3, 0.4) is 0 Å². The van der Waals surface area contributed by atoms with Gasteiger partial charge in [-0.2, -0.15) is 0 Å². The fourth-order valence-corrected chi connectivity index (χ4v) is 5.52. The molecule has 2 aromatic carbocycles. The number of thioether (sulfide) groups is 1. The zero-order chi connectivity index (χ0) is 26.1. The molecular formula is C27H30N6O3S. The summed E-state index contributed by atoms with van der Waals surface area (Å²) >= 11 is 1.51. The van der Waals surface area contributed by atoms with Crippen molar-refractivity contribution in [2.24, 2.45) is 0 Å². The zero-order valence-electron chi connectivity index (χ0n) is 21.2. The van der Waals surface area contributed by atoms with E-state index in [1.807, 2.05) is 54.3 Å². The van der Waals surface area contributed by atoms with Gasteiger partial charge in [-0.3, -0.25) is 23.4 Å². The van der Waals surface area contributed by atoms with Crippen molar-refractivity contribution in [3.63, 3.8) is 0 Å². The van der Waals surface area contributed by atoms with Gasteiger partial charge in [-0.15, -0.1) is 10.2 Å². The summed E-state index contributed by atoms with van der Waals surface area (Å²) < 4.78 is 3.52. The largest absolute Gasteiger partial charge is 0.350 e. The number of nitrogens with zero attached hydrogens (tertiary/aromatic N) is 5. The van der Waals surface area contributed by atoms with Crippen molar-refractivity contribution in [1.82, 2.24) is 24.5 Å². The molecule has 0 aliphatic carbocycles. The lowest BCUT2D eigenvalue weighted by molar-refractivity contribution is -0.117. The zero-order valence-corrected chi connectivity index (χ0v) is 22.0. The maximum Gasteiger partial charge on any atom is 0.262 e. The van der Waals surface area contributed by atoms with E-state index in [1.165, 1.54) is 11.8 Å². The number of aromatic nitrogens is 4. The number of fused-ring (bicyclic) bond motifs is 3. The maximum absolute atomic E-state index is 13.3. The normalized spacial score (nSPS) is 13.8. The minimum Gasteiger partial charge on any atom is -0.350 e. The van der Waals surface area contributed by atoms with Crippen LogP contribution in [0.1, 0.15) is 56.0 Å². The maximum atomic E-state index is 13.3. The van der Waals surface area contributed by atoms with Crippen LogP contribution in [0.5, 0.6) is 0 Å². The predicted molar refractivity (Wildman–Crippen MR) is 145 cm³/mol. The summed E-state index contributed by atoms with van der Waals surface area (Å²) in [5.41, 5.74) is 2.95. The topological polar surface area (TPSA) is 102 Å². The molecule has 5 rings (SSSR count). The molecule has 0 atom stereocenters. The predicted octanol–water partition coefficient (Wildman–Crippen LogP) is 4.01. The van der Waals surface area contributed by atoms with Crippen molar-refractivity contribution in [1.29, 1.82) is 0 Å². The van der Waals surface area contributed by atoms with E-state index in [9.17, 15) is 14.4 Å². The second-order valence-corrected chi connectivity index (χ2v) is 10.5. The molecule has 1 aliphatic heterocycles. The highest BCUT2D eigenvalue weighted by Gasteiger charge is 2.22. The Labute approximate surface area is 218 Å². The van der Waals surface area contributed by atoms with Crippen LogP contribution in [0.15, 0.2) is 52.4 Å². The van der Waals surface area contributed by atoms with Crippen molar-refractivity contribution < 1.29 is 9.59 Å². The average molecular weight is 519 g/mol. The average Bonchev–Trinajstić information content (AvgIpc) is 3.51. The molecule has 1 fully saturated rings. The highest BCUT2D eigenvalue weighted by molar-refractivity contribution is 7.98. The van der Waals surface area contributed by atoms with E-state index >= 15 is 0 Å². The second kappa shape index (κ2) is 10.4. The molecule has 192 valence electrons. The van der Waals surface area contributed by atoms with E-state index in [1.54, 1.807) is 22.8 Å². The van der Waals surface area contributed by atoms with Gasteiger partial charge in [-0.05, 0) is 62.6 Å². The lowest BCUT2D eigenvalue weighted by Crippen LogP contribution is -2.30. The lowest BCUT2D eigenvalue weighted by atomic mass is 10.1. The first-order valence-corrected chi connectivity index (χ1v) is 13.6. The molecular weight excluding hydrogens is 488 g/mol. The third-order valence-electron chi connectivity index (χ3n) is 6.39. The van der Waals surface area contributed by atoms with Crippen molar-refractivity contribution in [3.8, 4) is 0 Å². The summed E-state index contributed by atoms with van der Waals surface area (Å²) in [6.45, 7) is 7.11. The fourth-order valence-electron chi connectivity index (χ4n) is 4.63. The van der Waals surface area contributed by atoms with Gasteiger partial charge in [0.2, 0.25) is 11.7 Å². The third-order valence-corrected chi connectivity index (χ3v) is 7.39. The monoisotopic (exact) mass is 518 g/mol. The summed E-state index contributed by atoms with van der Waals surface area (Å²) in [4.78, 5) is 39.9. The number of carbonyl (C=O) groups is 2. The van der Waals surface area contributed by atoms with Gasteiger partial charge in [-0.1, -0.05) is 30.8 Å². The third kappa shape index (κ3) is 4.85. The molecule has 1 N–H and O–H groups in total. The number of benzene rings is 2. The summed E-state index contributed by atoms with van der Waals surface area (Å²) in [5.74, 6) is 1.08. The first-order valence-electron chi connectivity index (χ1n) is 12.6. The number of hydrogen-bond acceptors (Lipinski definition) is 6. The van der Waals surface area contributed by atoms with Crippen molar-refractivity contribution in [2.75, 3.05) is 11.4 Å². The van der Waals surface area contributed by atoms with Crippen molar-refractivity contribution in [2.45, 2.75) is 63.5 Å². The van der Waals surface area contributed by atoms with E-state index in [0.717, 1.165) is 30.6 Å². The Hall–Kier alpha value is -3.66. The smallest absolute Gasteiger partial charge is 0.262 e. The van der Waals surface area contributed by atoms with E-state index in [-0.39, 0.29) is 23.4 Å². The second-order valence-electron chi connectivity index (χ2n) is 9.54. The summed E-state index contributed by atoms with van der Waals surface area (Å²) in [6.07, 6.45) is 2.28. The van der Waals surface area contributed by atoms with Crippen molar-refractivity contribution in [3.05, 3.63) is 63.9 Å². The van der Waals surface area contributed by atoms with Gasteiger partial charge in [-0.25, -0.2) is 0 Å². The van der Waals surface area contributed by atoms with E-state index in [0.29, 0.717) is 46.1 Å². The van der Waals surface area contributed by atoms with Gasteiger partial charge >= 0.3 is 0 Å². The van der Waals surface area contributed by atoms with Gasteiger partial charge in [0.05, 0.1) is 10.9 Å². The molecule has 0 saturated carbocycles. The van der Waals surface area contributed by atoms with Crippen LogP contribution < -0.4 is 15.8 Å². The molecule has 37 heavy (non-hydrogen) atoms. The number of rotatable bonds is 8. The van der Waals surface area contributed by atoms with Crippen LogP contribution in [0.2, 0.25) is 0 Å². The van der Waals surface area contributed by atoms with Crippen LogP contribution in [-0.2, 0) is 17.1 Å². The highest BCUT2D eigenvalue weighted by atomic mass is 32.2. The Morgan fingerprint density at radius 2 is 1.89 bits per heavy atom. The number of carbonyl (C=O) groups excluding carboxylic acids is 2. The molecule has 1 saturated heterocycles. The SMILES string of the molecule is CCCn1c(=O)c2ccc(C(=O)NC(C)C)cc2n2c(SCc3ccc(N4CCCC4=O)cc3)nnc12. The first-order chi connectivity index (χ1) is 17.9. The number of amides is 2. The lowest BCUT2D eigenvalue weighted by Gasteiger charge is -2.15. The number of aryl methyl sites for hydroxylation is 1. The summed E-state index contributed by atoms with van der Waals surface area (Å²) in [7, 11) is 0. The molecule has 0 radical (unpaired) electrons. The molecule has 0 spiro atoms. The quantitative estimate of drug-likeness (QED) is 0.354.